The Morgan fingerprint density at radius 2 is 1.95 bits per heavy atom. The van der Waals surface area contributed by atoms with Crippen molar-refractivity contribution >= 4 is 10.0 Å². The van der Waals surface area contributed by atoms with Gasteiger partial charge in [0.15, 0.2) is 0 Å². The molecule has 0 spiro atoms. The van der Waals surface area contributed by atoms with E-state index in [1.165, 1.54) is 10.6 Å². The monoisotopic (exact) mass is 330 g/mol. The van der Waals surface area contributed by atoms with Gasteiger partial charge in [-0.3, -0.25) is 0 Å². The van der Waals surface area contributed by atoms with Crippen molar-refractivity contribution in [1.82, 2.24) is 9.62 Å². The Kier molecular flexibility index (Phi) is 7.64. The normalized spacial score (nSPS) is 11.7. The highest BCUT2D eigenvalue weighted by Gasteiger charge is 2.13. The maximum absolute atomic E-state index is 11.5. The number of sulfonamides is 1. The number of methoxy groups -OCH3 is 2. The quantitative estimate of drug-likeness (QED) is 0.658. The van der Waals surface area contributed by atoms with E-state index in [0.29, 0.717) is 19.6 Å². The van der Waals surface area contributed by atoms with Crippen molar-refractivity contribution in [1.29, 1.82) is 0 Å². The van der Waals surface area contributed by atoms with Gasteiger partial charge in [0, 0.05) is 25.2 Å². The van der Waals surface area contributed by atoms with Crippen molar-refractivity contribution in [2.75, 3.05) is 40.1 Å². The van der Waals surface area contributed by atoms with Crippen LogP contribution in [0.4, 0.5) is 0 Å². The molecule has 0 aliphatic heterocycles. The molecule has 1 rings (SSSR count). The van der Waals surface area contributed by atoms with E-state index in [1.807, 2.05) is 25.1 Å². The summed E-state index contributed by atoms with van der Waals surface area (Å²) < 4.78 is 35.0. The first-order valence-electron chi connectivity index (χ1n) is 7.29. The lowest BCUT2D eigenvalue weighted by Gasteiger charge is -2.17. The van der Waals surface area contributed by atoms with Crippen LogP contribution in [-0.4, -0.2) is 52.8 Å². The summed E-state index contributed by atoms with van der Waals surface area (Å²) in [5.74, 6) is 1.59. The third-order valence-corrected chi connectivity index (χ3v) is 4.76. The van der Waals surface area contributed by atoms with Gasteiger partial charge in [-0.1, -0.05) is 6.92 Å². The van der Waals surface area contributed by atoms with E-state index in [1.54, 1.807) is 14.2 Å². The second-order valence-corrected chi connectivity index (χ2v) is 6.95. The summed E-state index contributed by atoms with van der Waals surface area (Å²) in [4.78, 5) is 0. The minimum absolute atomic E-state index is 0.503. The van der Waals surface area contributed by atoms with Gasteiger partial charge in [-0.25, -0.2) is 12.7 Å². The van der Waals surface area contributed by atoms with Crippen LogP contribution in [0.1, 0.15) is 18.9 Å². The van der Waals surface area contributed by atoms with E-state index in [-0.39, 0.29) is 0 Å². The smallest absolute Gasteiger partial charge is 0.211 e. The summed E-state index contributed by atoms with van der Waals surface area (Å²) in [7, 11) is 0.159. The fourth-order valence-corrected chi connectivity index (χ4v) is 3.11. The summed E-state index contributed by atoms with van der Waals surface area (Å²) in [5, 5.41) is 3.30. The highest BCUT2D eigenvalue weighted by Crippen LogP contribution is 2.23. The fraction of sp³-hybridized carbons (Fsp3) is 0.600. The molecule has 0 aromatic heterocycles. The summed E-state index contributed by atoms with van der Waals surface area (Å²) in [6.45, 7) is 4.24. The number of benzene rings is 1. The number of rotatable bonds is 10. The molecule has 0 bridgehead atoms. The maximum Gasteiger partial charge on any atom is 0.211 e. The lowest BCUT2D eigenvalue weighted by molar-refractivity contribution is 0.395. The number of hydrogen-bond acceptors (Lipinski definition) is 5. The molecule has 0 atom stereocenters. The van der Waals surface area contributed by atoms with E-state index in [9.17, 15) is 8.42 Å². The largest absolute Gasteiger partial charge is 0.497 e. The lowest BCUT2D eigenvalue weighted by Crippen LogP contribution is -2.32. The number of ether oxygens (including phenoxy) is 2. The van der Waals surface area contributed by atoms with Crippen LogP contribution in [0.15, 0.2) is 18.2 Å². The molecular weight excluding hydrogens is 304 g/mol. The highest BCUT2D eigenvalue weighted by molar-refractivity contribution is 7.88. The molecule has 7 heteroatoms. The number of nitrogens with one attached hydrogen (secondary N) is 1. The van der Waals surface area contributed by atoms with Crippen LogP contribution in [0.2, 0.25) is 0 Å². The van der Waals surface area contributed by atoms with Crippen LogP contribution in [0, 0.1) is 0 Å². The Labute approximate surface area is 133 Å². The summed E-state index contributed by atoms with van der Waals surface area (Å²) in [5.41, 5.74) is 1.01. The van der Waals surface area contributed by atoms with Gasteiger partial charge in [0.05, 0.1) is 20.5 Å². The lowest BCUT2D eigenvalue weighted by atomic mass is 10.2. The van der Waals surface area contributed by atoms with Crippen molar-refractivity contribution in [3.05, 3.63) is 23.8 Å². The molecule has 0 saturated carbocycles. The van der Waals surface area contributed by atoms with Gasteiger partial charge in [-0.05, 0) is 31.2 Å². The van der Waals surface area contributed by atoms with Crippen LogP contribution in [0.5, 0.6) is 11.5 Å². The van der Waals surface area contributed by atoms with Crippen molar-refractivity contribution in [2.24, 2.45) is 0 Å². The molecule has 6 nitrogen and oxygen atoms in total. The molecule has 0 aliphatic carbocycles. The number of hydrogen-bond donors (Lipinski definition) is 1. The first kappa shape index (κ1) is 18.7. The molecule has 1 N–H and O–H groups in total. The summed E-state index contributed by atoms with van der Waals surface area (Å²) in [6.07, 6.45) is 2.00. The average molecular weight is 330 g/mol. The van der Waals surface area contributed by atoms with Gasteiger partial charge in [-0.15, -0.1) is 0 Å². The zero-order valence-corrected chi connectivity index (χ0v) is 14.6. The predicted octanol–water partition coefficient (Wildman–Crippen LogP) is 1.47. The molecule has 0 heterocycles. The Bertz CT molecular complexity index is 561. The molecule has 0 saturated heterocycles. The molecule has 22 heavy (non-hydrogen) atoms. The predicted molar refractivity (Wildman–Crippen MR) is 88.0 cm³/mol. The van der Waals surface area contributed by atoms with Crippen LogP contribution in [-0.2, 0) is 16.6 Å². The summed E-state index contributed by atoms with van der Waals surface area (Å²) in [6, 6.07) is 5.66. The van der Waals surface area contributed by atoms with Gasteiger partial charge in [0.1, 0.15) is 11.5 Å². The molecule has 0 fully saturated rings. The molecule has 0 aliphatic rings. The van der Waals surface area contributed by atoms with Crippen LogP contribution in [0.25, 0.3) is 0 Å². The highest BCUT2D eigenvalue weighted by atomic mass is 32.2. The molecule has 0 unspecified atom stereocenters. The third kappa shape index (κ3) is 5.82. The van der Waals surface area contributed by atoms with Crippen LogP contribution in [0.3, 0.4) is 0 Å². The number of nitrogens with zero attached hydrogens (tertiary/aromatic N) is 1. The van der Waals surface area contributed by atoms with Crippen molar-refractivity contribution in [2.45, 2.75) is 19.9 Å². The second-order valence-electron chi connectivity index (χ2n) is 4.96. The average Bonchev–Trinajstić information content (AvgIpc) is 2.49. The van der Waals surface area contributed by atoms with Gasteiger partial charge in [0.2, 0.25) is 10.0 Å². The Hall–Kier alpha value is -1.31. The molecule has 1 aromatic rings. The van der Waals surface area contributed by atoms with E-state index in [0.717, 1.165) is 30.0 Å². The molecule has 126 valence electrons. The van der Waals surface area contributed by atoms with E-state index < -0.39 is 10.0 Å². The SMILES string of the molecule is CCN(CCCNCc1cc(OC)ccc1OC)S(C)(=O)=O. The standard InChI is InChI=1S/C15H26N2O4S/c1-5-17(22(4,18)19)10-6-9-16-12-13-11-14(20-2)7-8-15(13)21-3/h7-8,11,16H,5-6,9-10,12H2,1-4H3. The topological polar surface area (TPSA) is 67.9 Å². The van der Waals surface area contributed by atoms with Crippen LogP contribution < -0.4 is 14.8 Å². The second kappa shape index (κ2) is 8.97. The third-order valence-electron chi connectivity index (χ3n) is 3.39. The summed E-state index contributed by atoms with van der Waals surface area (Å²) >= 11 is 0. The minimum atomic E-state index is -3.10. The zero-order valence-electron chi connectivity index (χ0n) is 13.8. The van der Waals surface area contributed by atoms with E-state index in [4.69, 9.17) is 9.47 Å². The van der Waals surface area contributed by atoms with Crippen molar-refractivity contribution < 1.29 is 17.9 Å². The van der Waals surface area contributed by atoms with Gasteiger partial charge >= 0.3 is 0 Å². The maximum atomic E-state index is 11.5. The van der Waals surface area contributed by atoms with Crippen molar-refractivity contribution in [3.8, 4) is 11.5 Å². The first-order chi connectivity index (χ1) is 10.4. The van der Waals surface area contributed by atoms with Gasteiger partial charge in [-0.2, -0.15) is 0 Å². The Morgan fingerprint density at radius 1 is 1.23 bits per heavy atom. The van der Waals surface area contributed by atoms with E-state index >= 15 is 0 Å². The Morgan fingerprint density at radius 3 is 2.50 bits per heavy atom. The minimum Gasteiger partial charge on any atom is -0.497 e. The van der Waals surface area contributed by atoms with Gasteiger partial charge < -0.3 is 14.8 Å². The molecule has 0 amide bonds. The van der Waals surface area contributed by atoms with Gasteiger partial charge in [0.25, 0.3) is 0 Å². The zero-order chi connectivity index (χ0) is 16.6. The fourth-order valence-electron chi connectivity index (χ4n) is 2.18. The molecular formula is C15H26N2O4S. The van der Waals surface area contributed by atoms with E-state index in [2.05, 4.69) is 5.32 Å². The van der Waals surface area contributed by atoms with Crippen molar-refractivity contribution in [3.63, 3.8) is 0 Å². The molecule has 0 radical (unpaired) electrons. The molecule has 1 aromatic carbocycles. The van der Waals surface area contributed by atoms with Crippen LogP contribution >= 0.6 is 0 Å². The first-order valence-corrected chi connectivity index (χ1v) is 9.14. The Balaban J connectivity index is 2.45.